The Morgan fingerprint density at radius 3 is 2.05 bits per heavy atom. The lowest BCUT2D eigenvalue weighted by Gasteiger charge is -2.29. The van der Waals surface area contributed by atoms with Crippen LogP contribution in [0.4, 0.5) is 0 Å². The summed E-state index contributed by atoms with van der Waals surface area (Å²) in [7, 11) is 0. The maximum Gasteiger partial charge on any atom is 0.350 e. The average molecular weight is 583 g/mol. The predicted molar refractivity (Wildman–Crippen MR) is 138 cm³/mol. The molecule has 0 radical (unpaired) electrons. The second kappa shape index (κ2) is 9.89. The summed E-state index contributed by atoms with van der Waals surface area (Å²) in [5, 5.41) is 0. The molecule has 0 spiro atoms. The summed E-state index contributed by atoms with van der Waals surface area (Å²) in [5.41, 5.74) is -1.73. The lowest BCUT2D eigenvalue weighted by Crippen LogP contribution is -2.45. The fourth-order valence-corrected chi connectivity index (χ4v) is 5.85. The topological polar surface area (TPSA) is 142 Å². The Hall–Kier alpha value is -2.28. The van der Waals surface area contributed by atoms with E-state index in [9.17, 15) is 19.2 Å². The number of carbonyl (C=O) groups is 4. The third kappa shape index (κ3) is 4.94. The van der Waals surface area contributed by atoms with Gasteiger partial charge in [0, 0.05) is 0 Å². The molecule has 12 nitrogen and oxygen atoms in total. The molecule has 0 saturated carbocycles. The van der Waals surface area contributed by atoms with Gasteiger partial charge in [0.15, 0.2) is 36.5 Å². The lowest BCUT2D eigenvalue weighted by molar-refractivity contribution is -0.217. The molecular weight excluding hydrogens is 540 g/mol. The fourth-order valence-electron chi connectivity index (χ4n) is 5.85. The Bertz CT molecular complexity index is 1110. The first kappa shape index (κ1) is 30.2. The number of ether oxygens (including phenoxy) is 8. The number of carbonyl (C=O) groups excluding carboxylic acids is 4. The maximum absolute atomic E-state index is 12.2. The van der Waals surface area contributed by atoms with Gasteiger partial charge in [-0.05, 0) is 67.7 Å². The van der Waals surface area contributed by atoms with Crippen LogP contribution in [0, 0.1) is 16.2 Å². The van der Waals surface area contributed by atoms with Gasteiger partial charge in [0.25, 0.3) is 0 Å². The molecule has 0 aromatic rings. The van der Waals surface area contributed by atoms with Gasteiger partial charge in [-0.3, -0.25) is 14.4 Å². The molecule has 6 rings (SSSR count). The first-order valence-electron chi connectivity index (χ1n) is 14.4. The van der Waals surface area contributed by atoms with E-state index < -0.39 is 76.9 Å². The Morgan fingerprint density at radius 1 is 0.829 bits per heavy atom. The van der Waals surface area contributed by atoms with E-state index in [1.54, 1.807) is 27.7 Å². The van der Waals surface area contributed by atoms with Crippen molar-refractivity contribution in [3.63, 3.8) is 0 Å². The number of fused-ring (bicyclic) bond motifs is 4. The predicted octanol–water partition coefficient (Wildman–Crippen LogP) is 2.57. The smallest absolute Gasteiger partial charge is 0.350 e. The van der Waals surface area contributed by atoms with Gasteiger partial charge in [-0.25, -0.2) is 4.79 Å². The third-order valence-electron chi connectivity index (χ3n) is 9.43. The highest BCUT2D eigenvalue weighted by Crippen LogP contribution is 2.55. The van der Waals surface area contributed by atoms with Crippen molar-refractivity contribution in [3.05, 3.63) is 0 Å². The summed E-state index contributed by atoms with van der Waals surface area (Å²) < 4.78 is 44.4. The molecule has 10 unspecified atom stereocenters. The number of hydrogen-bond donors (Lipinski definition) is 0. The standard InChI is InChI=1S/C15H22O7.C14H20O5/c1-6-14(2,3)13(17)20-9-7-8(18-11(9)16)10-12(19-7)22-15(4,5)21-10;1-5-13(2,3)11(15)18-8-7-6-14(4)10(17-7)9(8)19-12(14)16/h7-10,12H,6H2,1-5H3;7-10H,5-6H2,1-4H3. The van der Waals surface area contributed by atoms with Crippen LogP contribution >= 0.6 is 0 Å². The molecule has 6 aliphatic heterocycles. The second-order valence-electron chi connectivity index (χ2n) is 13.7. The van der Waals surface area contributed by atoms with Gasteiger partial charge >= 0.3 is 23.9 Å². The van der Waals surface area contributed by atoms with Crippen molar-refractivity contribution in [2.75, 3.05) is 0 Å². The molecule has 41 heavy (non-hydrogen) atoms. The first-order chi connectivity index (χ1) is 18.9. The molecule has 0 aliphatic carbocycles. The van der Waals surface area contributed by atoms with Crippen molar-refractivity contribution in [1.82, 2.24) is 0 Å². The van der Waals surface area contributed by atoms with E-state index in [1.807, 2.05) is 34.6 Å². The normalized spacial score (nSPS) is 41.2. The number of rotatable bonds is 6. The van der Waals surface area contributed by atoms with Crippen LogP contribution < -0.4 is 0 Å². The molecule has 12 heteroatoms. The summed E-state index contributed by atoms with van der Waals surface area (Å²) in [6.07, 6.45) is -2.90. The van der Waals surface area contributed by atoms with Crippen LogP contribution in [0.15, 0.2) is 0 Å². The van der Waals surface area contributed by atoms with E-state index in [2.05, 4.69) is 0 Å². The molecule has 230 valence electrons. The summed E-state index contributed by atoms with van der Waals surface area (Å²) in [6.45, 7) is 16.5. The molecule has 2 bridgehead atoms. The maximum atomic E-state index is 12.2. The third-order valence-corrected chi connectivity index (χ3v) is 9.43. The fraction of sp³-hybridized carbons (Fsp3) is 0.862. The van der Waals surface area contributed by atoms with Crippen LogP contribution in [0.3, 0.4) is 0 Å². The SMILES string of the molecule is CCC(C)(C)C(=O)OC1C(=O)OC2C3OC(C)(C)OC3OC12.CCC(C)(C)C(=O)OC1C2CC3(C)C(=O)OC1C3O2. The summed E-state index contributed by atoms with van der Waals surface area (Å²) in [4.78, 5) is 48.2. The van der Waals surface area contributed by atoms with Crippen LogP contribution in [0.25, 0.3) is 0 Å². The van der Waals surface area contributed by atoms with Gasteiger partial charge in [0.05, 0.1) is 16.2 Å². The number of hydrogen-bond acceptors (Lipinski definition) is 12. The molecule has 6 heterocycles. The molecule has 0 aromatic heterocycles. The van der Waals surface area contributed by atoms with Crippen molar-refractivity contribution in [2.24, 2.45) is 16.2 Å². The molecule has 6 fully saturated rings. The zero-order valence-corrected chi connectivity index (χ0v) is 25.2. The van der Waals surface area contributed by atoms with Gasteiger partial charge < -0.3 is 37.9 Å². The zero-order valence-electron chi connectivity index (χ0n) is 25.2. The quantitative estimate of drug-likeness (QED) is 0.336. The van der Waals surface area contributed by atoms with Gasteiger partial charge in [-0.15, -0.1) is 0 Å². The van der Waals surface area contributed by atoms with Crippen molar-refractivity contribution in [3.8, 4) is 0 Å². The largest absolute Gasteiger partial charge is 0.455 e. The van der Waals surface area contributed by atoms with Crippen molar-refractivity contribution in [1.29, 1.82) is 0 Å². The highest BCUT2D eigenvalue weighted by Gasteiger charge is 2.71. The Labute approximate surface area is 239 Å². The second-order valence-corrected chi connectivity index (χ2v) is 13.7. The van der Waals surface area contributed by atoms with Gasteiger partial charge in [-0.2, -0.15) is 0 Å². The van der Waals surface area contributed by atoms with Crippen molar-refractivity contribution in [2.45, 2.75) is 142 Å². The van der Waals surface area contributed by atoms with Gasteiger partial charge in [0.2, 0.25) is 6.10 Å². The molecular formula is C29H42O12. The van der Waals surface area contributed by atoms with Crippen LogP contribution in [0.2, 0.25) is 0 Å². The van der Waals surface area contributed by atoms with Crippen molar-refractivity contribution >= 4 is 23.9 Å². The van der Waals surface area contributed by atoms with Crippen LogP contribution in [-0.4, -0.2) is 84.8 Å². The monoisotopic (exact) mass is 582 g/mol. The van der Waals surface area contributed by atoms with E-state index in [4.69, 9.17) is 37.9 Å². The minimum Gasteiger partial charge on any atom is -0.455 e. The minimum atomic E-state index is -1.07. The summed E-state index contributed by atoms with van der Waals surface area (Å²) >= 11 is 0. The van der Waals surface area contributed by atoms with Crippen LogP contribution in [0.1, 0.15) is 81.6 Å². The Balaban J connectivity index is 0.000000166. The summed E-state index contributed by atoms with van der Waals surface area (Å²) in [5.74, 6) is -2.30. The number of esters is 4. The van der Waals surface area contributed by atoms with Crippen molar-refractivity contribution < 1.29 is 57.1 Å². The zero-order chi connectivity index (χ0) is 30.3. The van der Waals surface area contributed by atoms with Gasteiger partial charge in [0.1, 0.15) is 18.3 Å². The Kier molecular flexibility index (Phi) is 7.28. The first-order valence-corrected chi connectivity index (χ1v) is 14.4. The van der Waals surface area contributed by atoms with E-state index in [1.165, 1.54) is 0 Å². The highest BCUT2D eigenvalue weighted by atomic mass is 16.9. The Morgan fingerprint density at radius 2 is 1.44 bits per heavy atom. The van der Waals surface area contributed by atoms with Crippen LogP contribution in [0.5, 0.6) is 0 Å². The summed E-state index contributed by atoms with van der Waals surface area (Å²) in [6, 6.07) is 0. The molecule has 0 amide bonds. The van der Waals surface area contributed by atoms with E-state index in [0.717, 1.165) is 0 Å². The minimum absolute atomic E-state index is 0.206. The molecule has 10 atom stereocenters. The van der Waals surface area contributed by atoms with E-state index in [0.29, 0.717) is 19.3 Å². The van der Waals surface area contributed by atoms with Crippen LogP contribution in [-0.2, 0) is 57.1 Å². The molecule has 0 N–H and O–H groups in total. The lowest BCUT2D eigenvalue weighted by atomic mass is 9.75. The highest BCUT2D eigenvalue weighted by molar-refractivity contribution is 5.84. The van der Waals surface area contributed by atoms with E-state index in [-0.39, 0.29) is 24.1 Å². The van der Waals surface area contributed by atoms with E-state index >= 15 is 0 Å². The molecule has 6 saturated heterocycles. The molecule has 0 aromatic carbocycles. The molecule has 6 aliphatic rings. The van der Waals surface area contributed by atoms with Gasteiger partial charge in [-0.1, -0.05) is 13.8 Å². The average Bonchev–Trinajstić information content (AvgIpc) is 3.67.